The molecule has 0 unspecified atom stereocenters. The molecule has 2 aromatic heterocycles. The van der Waals surface area contributed by atoms with E-state index in [1.807, 2.05) is 25.9 Å². The lowest BCUT2D eigenvalue weighted by Crippen LogP contribution is -2.33. The van der Waals surface area contributed by atoms with Gasteiger partial charge in [0.05, 0.1) is 27.2 Å². The van der Waals surface area contributed by atoms with Gasteiger partial charge in [-0.05, 0) is 58.6 Å². The van der Waals surface area contributed by atoms with E-state index in [0.29, 0.717) is 17.1 Å². The average Bonchev–Trinajstić information content (AvgIpc) is 3.12. The van der Waals surface area contributed by atoms with Gasteiger partial charge in [0.1, 0.15) is 0 Å². The molecule has 3 heterocycles. The number of hydrogen-bond donors (Lipinski definition) is 1. The fourth-order valence-corrected chi connectivity index (χ4v) is 4.30. The van der Waals surface area contributed by atoms with Crippen molar-refractivity contribution in [1.82, 2.24) is 19.8 Å². The summed E-state index contributed by atoms with van der Waals surface area (Å²) in [5.41, 5.74) is 1.48. The van der Waals surface area contributed by atoms with Gasteiger partial charge >= 0.3 is 0 Å². The molecule has 8 heteroatoms. The maximum atomic E-state index is 13.3. The fourth-order valence-electron chi connectivity index (χ4n) is 3.43. The van der Waals surface area contributed by atoms with Gasteiger partial charge < -0.3 is 14.9 Å². The number of aryl methyl sites for hydroxylation is 2. The highest BCUT2D eigenvalue weighted by atomic mass is 32.1. The van der Waals surface area contributed by atoms with Gasteiger partial charge in [-0.2, -0.15) is 0 Å². The first-order chi connectivity index (χ1) is 13.3. The summed E-state index contributed by atoms with van der Waals surface area (Å²) in [6, 6.07) is 2.91. The van der Waals surface area contributed by atoms with Gasteiger partial charge in [0, 0.05) is 18.9 Å². The Morgan fingerprint density at radius 1 is 1.29 bits per heavy atom. The Balaban J connectivity index is 2.01. The van der Waals surface area contributed by atoms with Crippen molar-refractivity contribution in [2.75, 3.05) is 27.2 Å². The largest absolute Gasteiger partial charge is 0.503 e. The summed E-state index contributed by atoms with van der Waals surface area (Å²) in [6.07, 6.45) is 3.97. The molecular formula is C20H24N4O3S. The minimum atomic E-state index is -0.632. The van der Waals surface area contributed by atoms with Crippen molar-refractivity contribution in [3.63, 3.8) is 0 Å². The van der Waals surface area contributed by atoms with Crippen molar-refractivity contribution in [2.24, 2.45) is 0 Å². The molecule has 0 radical (unpaired) electrons. The topological polar surface area (TPSA) is 86.6 Å². The monoisotopic (exact) mass is 400 g/mol. The molecule has 0 aliphatic carbocycles. The van der Waals surface area contributed by atoms with Crippen molar-refractivity contribution in [3.8, 4) is 0 Å². The summed E-state index contributed by atoms with van der Waals surface area (Å²) in [7, 11) is 3.93. The van der Waals surface area contributed by atoms with E-state index in [0.717, 1.165) is 23.5 Å². The van der Waals surface area contributed by atoms with Crippen LogP contribution in [0.1, 0.15) is 38.4 Å². The zero-order valence-electron chi connectivity index (χ0n) is 16.5. The number of thiazole rings is 1. The van der Waals surface area contributed by atoms with E-state index in [4.69, 9.17) is 0 Å². The third kappa shape index (κ3) is 3.83. The molecule has 7 nitrogen and oxygen atoms in total. The van der Waals surface area contributed by atoms with E-state index < -0.39 is 17.7 Å². The summed E-state index contributed by atoms with van der Waals surface area (Å²) in [6.45, 7) is 4.83. The third-order valence-electron chi connectivity index (χ3n) is 4.68. The maximum absolute atomic E-state index is 13.3. The van der Waals surface area contributed by atoms with E-state index in [1.165, 1.54) is 11.3 Å². The second-order valence-corrected chi connectivity index (χ2v) is 8.28. The number of amides is 1. The number of carbonyl (C=O) groups excluding carboxylic acids is 2. The predicted octanol–water partition coefficient (Wildman–Crippen LogP) is 2.68. The number of carbonyl (C=O) groups is 2. The van der Waals surface area contributed by atoms with Crippen LogP contribution in [-0.4, -0.2) is 63.7 Å². The third-order valence-corrected chi connectivity index (χ3v) is 5.76. The molecule has 0 spiro atoms. The van der Waals surface area contributed by atoms with Gasteiger partial charge in [0.15, 0.2) is 5.76 Å². The Morgan fingerprint density at radius 2 is 1.96 bits per heavy atom. The van der Waals surface area contributed by atoms with Crippen molar-refractivity contribution in [3.05, 3.63) is 57.0 Å². The van der Waals surface area contributed by atoms with Crippen LogP contribution in [0.4, 0.5) is 0 Å². The molecule has 1 N–H and O–H groups in total. The van der Waals surface area contributed by atoms with Crippen LogP contribution in [0.2, 0.25) is 0 Å². The van der Waals surface area contributed by atoms with Crippen LogP contribution in [0.25, 0.3) is 0 Å². The Kier molecular flexibility index (Phi) is 5.90. The number of rotatable bonds is 7. The van der Waals surface area contributed by atoms with Gasteiger partial charge in [-0.25, -0.2) is 4.98 Å². The van der Waals surface area contributed by atoms with Crippen LogP contribution >= 0.6 is 11.3 Å². The molecular weight excluding hydrogens is 376 g/mol. The molecule has 0 aromatic carbocycles. The van der Waals surface area contributed by atoms with Crippen LogP contribution in [0.5, 0.6) is 0 Å². The Morgan fingerprint density at radius 3 is 2.54 bits per heavy atom. The van der Waals surface area contributed by atoms with E-state index in [1.54, 1.807) is 36.4 Å². The number of ketones is 1. The maximum Gasteiger partial charge on any atom is 0.290 e. The lowest BCUT2D eigenvalue weighted by Gasteiger charge is -2.27. The van der Waals surface area contributed by atoms with Gasteiger partial charge in [0.25, 0.3) is 5.91 Å². The second-order valence-electron chi connectivity index (χ2n) is 7.08. The normalized spacial score (nSPS) is 17.1. The Bertz CT molecular complexity index is 921. The zero-order chi connectivity index (χ0) is 20.4. The summed E-state index contributed by atoms with van der Waals surface area (Å²) in [5, 5.41) is 11.4. The summed E-state index contributed by atoms with van der Waals surface area (Å²) >= 11 is 1.28. The summed E-state index contributed by atoms with van der Waals surface area (Å²) in [4.78, 5) is 38.5. The molecule has 28 heavy (non-hydrogen) atoms. The number of nitrogens with zero attached hydrogens (tertiary/aromatic N) is 4. The first-order valence-electron chi connectivity index (χ1n) is 9.08. The second kappa shape index (κ2) is 8.20. The fraction of sp³-hybridized carbons (Fsp3) is 0.400. The van der Waals surface area contributed by atoms with E-state index >= 15 is 0 Å². The van der Waals surface area contributed by atoms with E-state index in [-0.39, 0.29) is 11.4 Å². The first kappa shape index (κ1) is 20.2. The molecule has 0 saturated carbocycles. The van der Waals surface area contributed by atoms with Gasteiger partial charge in [-0.1, -0.05) is 0 Å². The van der Waals surface area contributed by atoms with Crippen LogP contribution < -0.4 is 0 Å². The molecule has 1 atom stereocenters. The van der Waals surface area contributed by atoms with Gasteiger partial charge in [-0.15, -0.1) is 11.3 Å². The lowest BCUT2D eigenvalue weighted by atomic mass is 9.95. The smallest absolute Gasteiger partial charge is 0.290 e. The molecule has 0 fully saturated rings. The van der Waals surface area contributed by atoms with Crippen molar-refractivity contribution in [1.29, 1.82) is 0 Å². The van der Waals surface area contributed by atoms with Gasteiger partial charge in [-0.3, -0.25) is 14.6 Å². The minimum Gasteiger partial charge on any atom is -0.503 e. The number of aliphatic hydroxyl groups excluding tert-OH is 1. The highest BCUT2D eigenvalue weighted by Gasteiger charge is 2.44. The van der Waals surface area contributed by atoms with Gasteiger partial charge in [0.2, 0.25) is 5.78 Å². The quantitative estimate of drug-likeness (QED) is 0.719. The first-order valence-corrected chi connectivity index (χ1v) is 9.90. The number of aromatic nitrogens is 2. The van der Waals surface area contributed by atoms with Crippen molar-refractivity contribution < 1.29 is 14.7 Å². The summed E-state index contributed by atoms with van der Waals surface area (Å²) < 4.78 is 0. The highest BCUT2D eigenvalue weighted by molar-refractivity contribution is 7.14. The molecule has 1 aliphatic rings. The summed E-state index contributed by atoms with van der Waals surface area (Å²) in [5.74, 6) is -1.32. The standard InChI is InChI=1S/C20H24N4O3S/c1-12-19(28-13(2)22-12)17(25)15-16(14-6-8-21-9-7-14)24(20(27)18(15)26)11-5-10-23(3)4/h6-9,16,26H,5,10-11H2,1-4H3/t16-/m0/s1. The van der Waals surface area contributed by atoms with Crippen LogP contribution in [-0.2, 0) is 4.79 Å². The van der Waals surface area contributed by atoms with E-state index in [9.17, 15) is 14.7 Å². The number of Topliss-reactive ketones (excluding diaryl/α,β-unsaturated/α-hetero) is 1. The Hall–Kier alpha value is -2.58. The molecule has 2 aromatic rings. The van der Waals surface area contributed by atoms with Crippen LogP contribution in [0, 0.1) is 13.8 Å². The molecule has 1 amide bonds. The molecule has 1 aliphatic heterocycles. The number of hydrogen-bond acceptors (Lipinski definition) is 7. The Labute approximate surface area is 168 Å². The number of aliphatic hydroxyl groups is 1. The molecule has 148 valence electrons. The lowest BCUT2D eigenvalue weighted by molar-refractivity contribution is -0.129. The highest BCUT2D eigenvalue weighted by Crippen LogP contribution is 2.39. The van der Waals surface area contributed by atoms with E-state index in [2.05, 4.69) is 9.97 Å². The molecule has 0 bridgehead atoms. The zero-order valence-corrected chi connectivity index (χ0v) is 17.3. The van der Waals surface area contributed by atoms with Crippen LogP contribution in [0.3, 0.4) is 0 Å². The number of pyridine rings is 1. The van der Waals surface area contributed by atoms with Crippen LogP contribution in [0.15, 0.2) is 35.9 Å². The van der Waals surface area contributed by atoms with Crippen molar-refractivity contribution >= 4 is 23.0 Å². The SMILES string of the molecule is Cc1nc(C)c(C(=O)C2=C(O)C(=O)N(CCCN(C)C)[C@H]2c2ccncc2)s1. The molecule has 3 rings (SSSR count). The minimum absolute atomic E-state index is 0.118. The molecule has 0 saturated heterocycles. The average molecular weight is 401 g/mol. The van der Waals surface area contributed by atoms with Crippen molar-refractivity contribution in [2.45, 2.75) is 26.3 Å². The predicted molar refractivity (Wildman–Crippen MR) is 107 cm³/mol.